The van der Waals surface area contributed by atoms with Crippen LogP contribution >= 0.6 is 11.6 Å². The van der Waals surface area contributed by atoms with Crippen LogP contribution in [0, 0.1) is 0 Å². The van der Waals surface area contributed by atoms with Gasteiger partial charge in [-0.15, -0.1) is 0 Å². The van der Waals surface area contributed by atoms with Crippen LogP contribution in [-0.2, 0) is 16.6 Å². The van der Waals surface area contributed by atoms with Gasteiger partial charge < -0.3 is 5.32 Å². The predicted molar refractivity (Wildman–Crippen MR) is 76.6 cm³/mol. The molecule has 4 nitrogen and oxygen atoms in total. The summed E-state index contributed by atoms with van der Waals surface area (Å²) in [7, 11) is -3.63. The summed E-state index contributed by atoms with van der Waals surface area (Å²) in [5, 5.41) is 8.90. The van der Waals surface area contributed by atoms with Crippen molar-refractivity contribution in [2.24, 2.45) is 5.14 Å². The lowest BCUT2D eigenvalue weighted by molar-refractivity contribution is 0.598. The van der Waals surface area contributed by atoms with Crippen molar-refractivity contribution in [1.29, 1.82) is 0 Å². The summed E-state index contributed by atoms with van der Waals surface area (Å²) >= 11 is 5.80. The molecule has 2 rings (SSSR count). The van der Waals surface area contributed by atoms with Crippen molar-refractivity contribution in [3.8, 4) is 0 Å². The van der Waals surface area contributed by atoms with Crippen LogP contribution in [0.25, 0.3) is 0 Å². The zero-order chi connectivity index (χ0) is 13.9. The minimum atomic E-state index is -3.63. The van der Waals surface area contributed by atoms with E-state index < -0.39 is 10.0 Å². The number of nitrogens with two attached hydrogens (primary N) is 1. The quantitative estimate of drug-likeness (QED) is 0.911. The van der Waals surface area contributed by atoms with Crippen LogP contribution in [0.2, 0.25) is 5.02 Å². The first-order valence-electron chi connectivity index (χ1n) is 5.56. The molecule has 0 amide bonds. The van der Waals surface area contributed by atoms with Gasteiger partial charge in [-0.3, -0.25) is 0 Å². The molecule has 0 radical (unpaired) electrons. The Bertz CT molecular complexity index is 652. The molecular formula is C13H13ClN2O2S. The van der Waals surface area contributed by atoms with Gasteiger partial charge in [-0.25, -0.2) is 13.6 Å². The third-order valence-corrected chi connectivity index (χ3v) is 3.77. The Kier molecular flexibility index (Phi) is 4.09. The molecule has 0 unspecified atom stereocenters. The fourth-order valence-electron chi connectivity index (χ4n) is 1.57. The Morgan fingerprint density at radius 3 is 2.11 bits per heavy atom. The zero-order valence-corrected chi connectivity index (χ0v) is 11.6. The molecule has 0 bridgehead atoms. The molecule has 2 aromatic carbocycles. The molecule has 6 heteroatoms. The fraction of sp³-hybridized carbons (Fsp3) is 0.0769. The van der Waals surface area contributed by atoms with E-state index in [9.17, 15) is 8.42 Å². The van der Waals surface area contributed by atoms with E-state index in [0.29, 0.717) is 11.6 Å². The summed E-state index contributed by atoms with van der Waals surface area (Å²) in [6, 6.07) is 13.8. The highest BCUT2D eigenvalue weighted by molar-refractivity contribution is 7.89. The van der Waals surface area contributed by atoms with Crippen LogP contribution in [0.15, 0.2) is 53.4 Å². The number of hydrogen-bond donors (Lipinski definition) is 2. The minimum absolute atomic E-state index is 0.101. The summed E-state index contributed by atoms with van der Waals surface area (Å²) in [5.74, 6) is 0. The van der Waals surface area contributed by atoms with Crippen LogP contribution in [-0.4, -0.2) is 8.42 Å². The molecule has 0 fully saturated rings. The maximum absolute atomic E-state index is 11.1. The first kappa shape index (κ1) is 13.9. The molecule has 19 heavy (non-hydrogen) atoms. The van der Waals surface area contributed by atoms with Crippen LogP contribution in [0.3, 0.4) is 0 Å². The van der Waals surface area contributed by atoms with Gasteiger partial charge >= 0.3 is 0 Å². The molecule has 100 valence electrons. The third kappa shape index (κ3) is 3.96. The Morgan fingerprint density at radius 2 is 1.58 bits per heavy atom. The number of hydrogen-bond acceptors (Lipinski definition) is 3. The first-order valence-corrected chi connectivity index (χ1v) is 7.49. The van der Waals surface area contributed by atoms with Crippen molar-refractivity contribution >= 4 is 27.3 Å². The minimum Gasteiger partial charge on any atom is -0.381 e. The lowest BCUT2D eigenvalue weighted by Gasteiger charge is -2.07. The van der Waals surface area contributed by atoms with Crippen molar-refractivity contribution in [1.82, 2.24) is 0 Å². The number of sulfonamides is 1. The lowest BCUT2D eigenvalue weighted by atomic mass is 10.2. The maximum Gasteiger partial charge on any atom is 0.238 e. The molecule has 0 spiro atoms. The molecule has 0 aliphatic carbocycles. The highest BCUT2D eigenvalue weighted by Crippen LogP contribution is 2.15. The van der Waals surface area contributed by atoms with E-state index in [4.69, 9.17) is 16.7 Å². The smallest absolute Gasteiger partial charge is 0.238 e. The van der Waals surface area contributed by atoms with E-state index in [1.165, 1.54) is 12.1 Å². The number of rotatable bonds is 4. The van der Waals surface area contributed by atoms with Gasteiger partial charge in [0.05, 0.1) is 4.90 Å². The summed E-state index contributed by atoms with van der Waals surface area (Å²) in [5.41, 5.74) is 1.90. The average Bonchev–Trinajstić information content (AvgIpc) is 2.37. The number of halogens is 1. The molecule has 0 aliphatic rings. The van der Waals surface area contributed by atoms with Crippen LogP contribution in [0.5, 0.6) is 0 Å². The third-order valence-electron chi connectivity index (χ3n) is 2.59. The van der Waals surface area contributed by atoms with Crippen molar-refractivity contribution < 1.29 is 8.42 Å². The van der Waals surface area contributed by atoms with Crippen molar-refractivity contribution in [3.05, 3.63) is 59.1 Å². The van der Waals surface area contributed by atoms with Gasteiger partial charge in [0, 0.05) is 17.3 Å². The SMILES string of the molecule is NS(=O)(=O)c1ccc(NCc2ccc(Cl)cc2)cc1. The molecular weight excluding hydrogens is 284 g/mol. The monoisotopic (exact) mass is 296 g/mol. The Balaban J connectivity index is 2.02. The second kappa shape index (κ2) is 5.61. The Labute approximate surface area is 117 Å². The summed E-state index contributed by atoms with van der Waals surface area (Å²) in [6.07, 6.45) is 0. The molecule has 0 atom stereocenters. The summed E-state index contributed by atoms with van der Waals surface area (Å²) in [4.78, 5) is 0.101. The van der Waals surface area contributed by atoms with Gasteiger partial charge in [0.15, 0.2) is 0 Å². The standard InChI is InChI=1S/C13H13ClN2O2S/c14-11-3-1-10(2-4-11)9-16-12-5-7-13(8-6-12)19(15,17)18/h1-8,16H,9H2,(H2,15,17,18). The highest BCUT2D eigenvalue weighted by atomic mass is 35.5. The summed E-state index contributed by atoms with van der Waals surface area (Å²) < 4.78 is 22.2. The van der Waals surface area contributed by atoms with E-state index in [2.05, 4.69) is 5.32 Å². The second-order valence-corrected chi connectivity index (χ2v) is 6.05. The Morgan fingerprint density at radius 1 is 1.00 bits per heavy atom. The van der Waals surface area contributed by atoms with Crippen molar-refractivity contribution in [2.45, 2.75) is 11.4 Å². The van der Waals surface area contributed by atoms with Crippen LogP contribution in [0.1, 0.15) is 5.56 Å². The van der Waals surface area contributed by atoms with Gasteiger partial charge in [-0.05, 0) is 42.0 Å². The van der Waals surface area contributed by atoms with Gasteiger partial charge in [0.1, 0.15) is 0 Å². The summed E-state index contributed by atoms with van der Waals surface area (Å²) in [6.45, 7) is 0.631. The molecule has 3 N–H and O–H groups in total. The zero-order valence-electron chi connectivity index (χ0n) is 10.0. The number of anilines is 1. The van der Waals surface area contributed by atoms with Gasteiger partial charge in [0.25, 0.3) is 0 Å². The van der Waals surface area contributed by atoms with Gasteiger partial charge in [-0.2, -0.15) is 0 Å². The Hall–Kier alpha value is -1.56. The van der Waals surface area contributed by atoms with Gasteiger partial charge in [0.2, 0.25) is 10.0 Å². The maximum atomic E-state index is 11.1. The van der Waals surface area contributed by atoms with E-state index in [1.54, 1.807) is 12.1 Å². The van der Waals surface area contributed by atoms with Gasteiger partial charge in [-0.1, -0.05) is 23.7 Å². The largest absolute Gasteiger partial charge is 0.381 e. The number of primary sulfonamides is 1. The molecule has 0 saturated heterocycles. The average molecular weight is 297 g/mol. The number of nitrogens with one attached hydrogen (secondary N) is 1. The highest BCUT2D eigenvalue weighted by Gasteiger charge is 2.06. The van der Waals surface area contributed by atoms with Crippen LogP contribution in [0.4, 0.5) is 5.69 Å². The van der Waals surface area contributed by atoms with E-state index in [-0.39, 0.29) is 4.90 Å². The van der Waals surface area contributed by atoms with E-state index in [0.717, 1.165) is 11.3 Å². The normalized spacial score (nSPS) is 11.3. The predicted octanol–water partition coefficient (Wildman–Crippen LogP) is 2.60. The topological polar surface area (TPSA) is 72.2 Å². The van der Waals surface area contributed by atoms with E-state index >= 15 is 0 Å². The first-order chi connectivity index (χ1) is 8.95. The lowest BCUT2D eigenvalue weighted by Crippen LogP contribution is -2.11. The molecule has 0 heterocycles. The van der Waals surface area contributed by atoms with E-state index in [1.807, 2.05) is 24.3 Å². The van der Waals surface area contributed by atoms with Crippen molar-refractivity contribution in [3.63, 3.8) is 0 Å². The second-order valence-electron chi connectivity index (χ2n) is 4.05. The molecule has 0 saturated carbocycles. The molecule has 0 aromatic heterocycles. The van der Waals surface area contributed by atoms with Crippen LogP contribution < -0.4 is 10.5 Å². The molecule has 0 aliphatic heterocycles. The fourth-order valence-corrected chi connectivity index (χ4v) is 2.21. The number of benzene rings is 2. The van der Waals surface area contributed by atoms with Crippen molar-refractivity contribution in [2.75, 3.05) is 5.32 Å². The molecule has 2 aromatic rings.